The van der Waals surface area contributed by atoms with Gasteiger partial charge in [0.15, 0.2) is 5.76 Å². The summed E-state index contributed by atoms with van der Waals surface area (Å²) in [5, 5.41) is 2.75. The molecule has 0 bridgehead atoms. The number of fused-ring (bicyclic) bond motifs is 1. The fraction of sp³-hybridized carbons (Fsp3) is 0.0556. The van der Waals surface area contributed by atoms with Crippen LogP contribution in [0.5, 0.6) is 5.75 Å². The summed E-state index contributed by atoms with van der Waals surface area (Å²) < 4.78 is 24.5. The zero-order chi connectivity index (χ0) is 15.8. The molecule has 114 valence electrons. The molecule has 23 heavy (non-hydrogen) atoms. The van der Waals surface area contributed by atoms with Crippen molar-refractivity contribution in [2.45, 2.75) is 6.23 Å². The Morgan fingerprint density at radius 2 is 1.74 bits per heavy atom. The van der Waals surface area contributed by atoms with E-state index >= 15 is 0 Å². The van der Waals surface area contributed by atoms with Crippen molar-refractivity contribution in [3.8, 4) is 17.1 Å². The Balaban J connectivity index is 1.63. The van der Waals surface area contributed by atoms with Crippen LogP contribution in [0.2, 0.25) is 0 Å². The van der Waals surface area contributed by atoms with Gasteiger partial charge in [0, 0.05) is 5.56 Å². The molecule has 3 aromatic rings. The van der Waals surface area contributed by atoms with Crippen molar-refractivity contribution < 1.29 is 18.3 Å². The molecule has 0 saturated heterocycles. The zero-order valence-electron chi connectivity index (χ0n) is 12.0. The normalized spacial score (nSPS) is 16.4. The fourth-order valence-corrected chi connectivity index (χ4v) is 2.50. The second-order valence-corrected chi connectivity index (χ2v) is 5.18. The van der Waals surface area contributed by atoms with Gasteiger partial charge in [0.2, 0.25) is 6.23 Å². The highest BCUT2D eigenvalue weighted by molar-refractivity contribution is 5.97. The molecule has 1 aliphatic rings. The molecule has 2 aromatic carbocycles. The van der Waals surface area contributed by atoms with Gasteiger partial charge in [-0.05, 0) is 48.5 Å². The highest BCUT2D eigenvalue weighted by Crippen LogP contribution is 2.31. The van der Waals surface area contributed by atoms with Gasteiger partial charge in [-0.25, -0.2) is 4.39 Å². The van der Waals surface area contributed by atoms with Gasteiger partial charge in [-0.3, -0.25) is 4.79 Å². The summed E-state index contributed by atoms with van der Waals surface area (Å²) in [6.45, 7) is 0. The maximum atomic E-state index is 13.0. The second kappa shape index (κ2) is 5.28. The molecular weight excluding hydrogens is 297 g/mol. The Labute approximate surface area is 131 Å². The number of hydrogen-bond donors (Lipinski definition) is 1. The van der Waals surface area contributed by atoms with E-state index < -0.39 is 6.23 Å². The van der Waals surface area contributed by atoms with Crippen LogP contribution in [0.3, 0.4) is 0 Å². The lowest BCUT2D eigenvalue weighted by atomic mass is 10.1. The molecule has 1 N–H and O–H groups in total. The molecule has 1 aliphatic heterocycles. The van der Waals surface area contributed by atoms with Gasteiger partial charge >= 0.3 is 0 Å². The van der Waals surface area contributed by atoms with E-state index in [4.69, 9.17) is 9.15 Å². The van der Waals surface area contributed by atoms with Crippen molar-refractivity contribution in [1.29, 1.82) is 0 Å². The SMILES string of the molecule is O=C1N[C@H](c2ccc(-c3ccc(F)cc3)o2)Oc2ccccc21. The van der Waals surface area contributed by atoms with E-state index in [0.717, 1.165) is 5.56 Å². The van der Waals surface area contributed by atoms with Crippen molar-refractivity contribution >= 4 is 5.91 Å². The minimum absolute atomic E-state index is 0.211. The topological polar surface area (TPSA) is 51.5 Å². The summed E-state index contributed by atoms with van der Waals surface area (Å²) in [5.41, 5.74) is 1.24. The number of para-hydroxylation sites is 1. The third-order valence-corrected chi connectivity index (χ3v) is 3.65. The number of furan rings is 1. The van der Waals surface area contributed by atoms with E-state index in [1.807, 2.05) is 0 Å². The molecule has 0 fully saturated rings. The summed E-state index contributed by atoms with van der Waals surface area (Å²) in [4.78, 5) is 12.1. The molecule has 4 rings (SSSR count). The molecule has 2 heterocycles. The van der Waals surface area contributed by atoms with Gasteiger partial charge in [0.05, 0.1) is 5.56 Å². The maximum Gasteiger partial charge on any atom is 0.258 e. The summed E-state index contributed by atoms with van der Waals surface area (Å²) in [6.07, 6.45) is -0.688. The summed E-state index contributed by atoms with van der Waals surface area (Å²) in [7, 11) is 0. The van der Waals surface area contributed by atoms with Gasteiger partial charge in [-0.2, -0.15) is 0 Å². The van der Waals surface area contributed by atoms with Crippen molar-refractivity contribution in [3.05, 3.63) is 77.8 Å². The number of amides is 1. The number of nitrogens with one attached hydrogen (secondary N) is 1. The number of carbonyl (C=O) groups is 1. The molecule has 1 aromatic heterocycles. The largest absolute Gasteiger partial charge is 0.462 e. The van der Waals surface area contributed by atoms with E-state index in [9.17, 15) is 9.18 Å². The molecule has 0 saturated carbocycles. The predicted molar refractivity (Wildman–Crippen MR) is 81.4 cm³/mol. The van der Waals surface area contributed by atoms with E-state index in [1.54, 1.807) is 48.5 Å². The highest BCUT2D eigenvalue weighted by atomic mass is 19.1. The van der Waals surface area contributed by atoms with E-state index in [0.29, 0.717) is 22.8 Å². The molecule has 1 atom stereocenters. The van der Waals surface area contributed by atoms with E-state index in [2.05, 4.69) is 5.32 Å². The number of carbonyl (C=O) groups excluding carboxylic acids is 1. The minimum atomic E-state index is -0.688. The lowest BCUT2D eigenvalue weighted by molar-refractivity contribution is 0.0709. The Morgan fingerprint density at radius 1 is 0.957 bits per heavy atom. The van der Waals surface area contributed by atoms with Crippen LogP contribution in [0.15, 0.2) is 65.1 Å². The third-order valence-electron chi connectivity index (χ3n) is 3.65. The summed E-state index contributed by atoms with van der Waals surface area (Å²) in [6, 6.07) is 16.5. The van der Waals surface area contributed by atoms with Crippen LogP contribution in [0, 0.1) is 5.82 Å². The molecule has 0 radical (unpaired) electrons. The van der Waals surface area contributed by atoms with Crippen LogP contribution < -0.4 is 10.1 Å². The Morgan fingerprint density at radius 3 is 2.57 bits per heavy atom. The molecule has 5 heteroatoms. The highest BCUT2D eigenvalue weighted by Gasteiger charge is 2.28. The molecular formula is C18H12FNO3. The standard InChI is InChI=1S/C18H12FNO3/c19-12-7-5-11(6-8-12)14-9-10-16(22-14)18-20-17(21)13-3-1-2-4-15(13)23-18/h1-10,18H,(H,20,21)/t18-/m0/s1. The molecule has 1 amide bonds. The first-order valence-corrected chi connectivity index (χ1v) is 7.13. The fourth-order valence-electron chi connectivity index (χ4n) is 2.50. The molecule has 4 nitrogen and oxygen atoms in total. The molecule has 0 aliphatic carbocycles. The van der Waals surface area contributed by atoms with Crippen LogP contribution in [0.4, 0.5) is 4.39 Å². The maximum absolute atomic E-state index is 13.0. The third kappa shape index (κ3) is 2.46. The molecule has 0 spiro atoms. The number of halogens is 1. The van der Waals surface area contributed by atoms with Gasteiger partial charge < -0.3 is 14.5 Å². The summed E-state index contributed by atoms with van der Waals surface area (Å²) >= 11 is 0. The number of ether oxygens (including phenoxy) is 1. The lowest BCUT2D eigenvalue weighted by Gasteiger charge is -2.25. The van der Waals surface area contributed by atoms with Crippen LogP contribution >= 0.6 is 0 Å². The van der Waals surface area contributed by atoms with Gasteiger partial charge in [-0.1, -0.05) is 12.1 Å². The Bertz CT molecular complexity index is 870. The van der Waals surface area contributed by atoms with Crippen molar-refractivity contribution in [1.82, 2.24) is 5.32 Å². The first-order valence-electron chi connectivity index (χ1n) is 7.13. The lowest BCUT2D eigenvalue weighted by Crippen LogP contribution is -2.36. The van der Waals surface area contributed by atoms with Gasteiger partial charge in [0.1, 0.15) is 17.3 Å². The van der Waals surface area contributed by atoms with Gasteiger partial charge in [-0.15, -0.1) is 0 Å². The van der Waals surface area contributed by atoms with Crippen LogP contribution in [0.25, 0.3) is 11.3 Å². The van der Waals surface area contributed by atoms with E-state index in [1.165, 1.54) is 12.1 Å². The van der Waals surface area contributed by atoms with Crippen LogP contribution in [-0.4, -0.2) is 5.91 Å². The average molecular weight is 309 g/mol. The average Bonchev–Trinajstić information content (AvgIpc) is 3.05. The van der Waals surface area contributed by atoms with Crippen molar-refractivity contribution in [2.75, 3.05) is 0 Å². The van der Waals surface area contributed by atoms with Crippen LogP contribution in [-0.2, 0) is 0 Å². The smallest absolute Gasteiger partial charge is 0.258 e. The Kier molecular flexibility index (Phi) is 3.12. The van der Waals surface area contributed by atoms with Crippen molar-refractivity contribution in [2.24, 2.45) is 0 Å². The van der Waals surface area contributed by atoms with Gasteiger partial charge in [0.25, 0.3) is 5.91 Å². The first kappa shape index (κ1) is 13.6. The van der Waals surface area contributed by atoms with Crippen LogP contribution in [0.1, 0.15) is 22.3 Å². The quantitative estimate of drug-likeness (QED) is 0.781. The molecule has 0 unspecified atom stereocenters. The number of hydrogen-bond acceptors (Lipinski definition) is 3. The number of rotatable bonds is 2. The summed E-state index contributed by atoms with van der Waals surface area (Å²) in [5.74, 6) is 1.06. The van der Waals surface area contributed by atoms with Crippen molar-refractivity contribution in [3.63, 3.8) is 0 Å². The second-order valence-electron chi connectivity index (χ2n) is 5.18. The number of benzene rings is 2. The monoisotopic (exact) mass is 309 g/mol. The minimum Gasteiger partial charge on any atom is -0.462 e. The predicted octanol–water partition coefficient (Wildman–Crippen LogP) is 3.91. The Hall–Kier alpha value is -3.08. The first-order chi connectivity index (χ1) is 11.2. The zero-order valence-corrected chi connectivity index (χ0v) is 12.0. The van der Waals surface area contributed by atoms with E-state index in [-0.39, 0.29) is 11.7 Å².